The van der Waals surface area contributed by atoms with Gasteiger partial charge in [-0.15, -0.1) is 0 Å². The summed E-state index contributed by atoms with van der Waals surface area (Å²) in [5, 5.41) is 15.3. The van der Waals surface area contributed by atoms with Gasteiger partial charge in [-0.1, -0.05) is 65.7 Å². The zero-order valence-corrected chi connectivity index (χ0v) is 28.6. The Balaban J connectivity index is 1.15. The van der Waals surface area contributed by atoms with Gasteiger partial charge in [-0.3, -0.25) is 14.2 Å². The smallest absolute Gasteiger partial charge is 0.277 e. The summed E-state index contributed by atoms with van der Waals surface area (Å²) < 4.78 is 14.1. The van der Waals surface area contributed by atoms with Crippen LogP contribution < -0.4 is 26.2 Å². The predicted molar refractivity (Wildman–Crippen MR) is 190 cm³/mol. The topological polar surface area (TPSA) is 124 Å². The normalized spacial score (nSPS) is 15.6. The molecule has 3 aromatic heterocycles. The van der Waals surface area contributed by atoms with Crippen LogP contribution >= 0.6 is 23.2 Å². The van der Waals surface area contributed by atoms with Crippen molar-refractivity contribution in [3.05, 3.63) is 104 Å². The lowest BCUT2D eigenvalue weighted by Crippen LogP contribution is -2.35. The summed E-state index contributed by atoms with van der Waals surface area (Å²) in [7, 11) is 3.31. The van der Waals surface area contributed by atoms with Crippen LogP contribution in [-0.2, 0) is 29.7 Å². The van der Waals surface area contributed by atoms with Crippen molar-refractivity contribution < 1.29 is 14.3 Å². The van der Waals surface area contributed by atoms with Crippen molar-refractivity contribution in [2.75, 3.05) is 26.8 Å². The highest BCUT2D eigenvalue weighted by atomic mass is 35.5. The Bertz CT molecular complexity index is 2160. The Morgan fingerprint density at radius 2 is 1.71 bits per heavy atom. The predicted octanol–water partition coefficient (Wildman–Crippen LogP) is 5.12. The number of pyridine rings is 1. The number of carbonyl (C=O) groups excluding carboxylic acids is 1. The van der Waals surface area contributed by atoms with Gasteiger partial charge < -0.3 is 25.4 Å². The van der Waals surface area contributed by atoms with Crippen LogP contribution in [0.3, 0.4) is 0 Å². The number of benzene rings is 2. The lowest BCUT2D eigenvalue weighted by molar-refractivity contribution is -0.119. The summed E-state index contributed by atoms with van der Waals surface area (Å²) >= 11 is 14.2. The van der Waals surface area contributed by atoms with Crippen LogP contribution in [-0.4, -0.2) is 57.9 Å². The highest BCUT2D eigenvalue weighted by Gasteiger charge is 2.21. The maximum Gasteiger partial charge on any atom is 0.277 e. The number of hydrogen-bond donors (Lipinski definition) is 3. The molecule has 1 amide bonds. The van der Waals surface area contributed by atoms with Crippen LogP contribution in [0.1, 0.15) is 24.2 Å². The number of amides is 1. The van der Waals surface area contributed by atoms with E-state index in [1.54, 1.807) is 29.3 Å². The number of ether oxygens (including phenoxy) is 2. The van der Waals surface area contributed by atoms with Crippen molar-refractivity contribution in [2.24, 2.45) is 7.05 Å². The maximum atomic E-state index is 13.3. The third-order valence-corrected chi connectivity index (χ3v) is 9.71. The summed E-state index contributed by atoms with van der Waals surface area (Å²) in [6.07, 6.45) is 5.22. The van der Waals surface area contributed by atoms with Crippen LogP contribution in [0.25, 0.3) is 39.0 Å². The number of nitrogens with zero attached hydrogens (tertiary/aromatic N) is 4. The zero-order valence-electron chi connectivity index (χ0n) is 27.1. The third-order valence-electron chi connectivity index (χ3n) is 8.89. The molecule has 0 aliphatic carbocycles. The molecule has 0 bridgehead atoms. The number of halogens is 2. The molecule has 5 heterocycles. The Hall–Kier alpha value is -4.68. The first-order valence-electron chi connectivity index (χ1n) is 16.0. The van der Waals surface area contributed by atoms with Gasteiger partial charge in [0.05, 0.1) is 35.9 Å². The summed E-state index contributed by atoms with van der Waals surface area (Å²) in [5.74, 6) is 2.07. The van der Waals surface area contributed by atoms with Crippen molar-refractivity contribution >= 4 is 34.6 Å². The second kappa shape index (κ2) is 14.0. The molecule has 1 unspecified atom stereocenters. The van der Waals surface area contributed by atoms with Gasteiger partial charge in [-0.05, 0) is 24.6 Å². The molecule has 0 radical (unpaired) electrons. The van der Waals surface area contributed by atoms with E-state index < -0.39 is 0 Å². The number of fused-ring (bicyclic) bond motifs is 1. The van der Waals surface area contributed by atoms with Gasteiger partial charge in [0.15, 0.2) is 0 Å². The monoisotopic (exact) mass is 699 g/mol. The van der Waals surface area contributed by atoms with E-state index >= 15 is 0 Å². The minimum atomic E-state index is -0.160. The summed E-state index contributed by atoms with van der Waals surface area (Å²) in [6, 6.07) is 17.3. The Morgan fingerprint density at radius 1 is 0.980 bits per heavy atom. The van der Waals surface area contributed by atoms with Crippen LogP contribution in [0.4, 0.5) is 0 Å². The van der Waals surface area contributed by atoms with Gasteiger partial charge in [-0.25, -0.2) is 9.50 Å². The van der Waals surface area contributed by atoms with Crippen molar-refractivity contribution in [3.63, 3.8) is 0 Å². The quantitative estimate of drug-likeness (QED) is 0.164. The third kappa shape index (κ3) is 6.67. The number of nitrogens with one attached hydrogen (secondary N) is 3. The molecule has 2 aliphatic rings. The van der Waals surface area contributed by atoms with E-state index in [0.29, 0.717) is 72.2 Å². The largest absolute Gasteiger partial charge is 0.493 e. The molecule has 13 heteroatoms. The van der Waals surface area contributed by atoms with E-state index in [4.69, 9.17) is 42.8 Å². The Kier molecular flexibility index (Phi) is 9.42. The van der Waals surface area contributed by atoms with E-state index in [2.05, 4.69) is 16.0 Å². The molecule has 2 aromatic carbocycles. The molecule has 7 rings (SSSR count). The molecule has 1 saturated heterocycles. The maximum absolute atomic E-state index is 13.3. The molecule has 2 aliphatic heterocycles. The molecule has 1 fully saturated rings. The van der Waals surface area contributed by atoms with E-state index in [-0.39, 0.29) is 17.5 Å². The van der Waals surface area contributed by atoms with Gasteiger partial charge in [0.1, 0.15) is 23.7 Å². The first-order valence-corrected chi connectivity index (χ1v) is 16.8. The minimum absolute atomic E-state index is 0.0945. The first kappa shape index (κ1) is 32.8. The standard InChI is InChI=1S/C36H35Cl2N7O4/c1-44-31(19-40-18-24-13-14-49-24)43-45-20-22(15-30(45)36(44)47)25-5-3-6-26(33(25)37)27-7-4-8-28(34(27)38)29-11-9-21(35(42-29)48-2)16-39-17-23-10-12-32(46)41-23/h3-9,11,13,15,20,23,39-40H,10,12,14,16-19H2,1-2H3,(H,41,46). The molecular weight excluding hydrogens is 665 g/mol. The van der Waals surface area contributed by atoms with E-state index in [1.165, 1.54) is 0 Å². The van der Waals surface area contributed by atoms with Crippen molar-refractivity contribution in [1.82, 2.24) is 35.1 Å². The van der Waals surface area contributed by atoms with Crippen LogP contribution in [0.15, 0.2) is 77.4 Å². The number of methoxy groups -OCH3 is 1. The molecule has 11 nitrogen and oxygen atoms in total. The van der Waals surface area contributed by atoms with Gasteiger partial charge in [0, 0.05) is 72.2 Å². The average molecular weight is 701 g/mol. The highest BCUT2D eigenvalue weighted by molar-refractivity contribution is 6.39. The molecule has 1 atom stereocenters. The molecule has 252 valence electrons. The van der Waals surface area contributed by atoms with Crippen LogP contribution in [0.5, 0.6) is 5.88 Å². The summed E-state index contributed by atoms with van der Waals surface area (Å²) in [5.41, 5.74) is 5.56. The Morgan fingerprint density at radius 3 is 2.41 bits per heavy atom. The SMILES string of the molecule is COc1nc(-c2cccc(-c3cccc(-c4cc5c(=O)n(C)c(CNCC6=CCO6)nn5c4)c3Cl)c2Cl)ccc1CNCC1CCC(=O)N1. The van der Waals surface area contributed by atoms with Gasteiger partial charge in [0.2, 0.25) is 11.8 Å². The molecule has 3 N–H and O–H groups in total. The fraction of sp³-hybridized carbons (Fsp3) is 0.278. The molecule has 0 spiro atoms. The second-order valence-electron chi connectivity index (χ2n) is 12.1. The first-order chi connectivity index (χ1) is 23.8. The molecule has 5 aromatic rings. The van der Waals surface area contributed by atoms with Crippen molar-refractivity contribution in [1.29, 1.82) is 0 Å². The van der Waals surface area contributed by atoms with E-state index in [0.717, 1.165) is 45.6 Å². The molecule has 49 heavy (non-hydrogen) atoms. The lowest BCUT2D eigenvalue weighted by atomic mass is 9.97. The highest BCUT2D eigenvalue weighted by Crippen LogP contribution is 2.42. The Labute approximate surface area is 292 Å². The van der Waals surface area contributed by atoms with Crippen LogP contribution in [0, 0.1) is 0 Å². The number of aromatic nitrogens is 4. The van der Waals surface area contributed by atoms with E-state index in [9.17, 15) is 9.59 Å². The number of hydrogen-bond acceptors (Lipinski definition) is 8. The second-order valence-corrected chi connectivity index (χ2v) is 12.8. The van der Waals surface area contributed by atoms with Gasteiger partial charge in [0.25, 0.3) is 5.56 Å². The average Bonchev–Trinajstić information content (AvgIpc) is 3.71. The lowest BCUT2D eigenvalue weighted by Gasteiger charge is -2.17. The van der Waals surface area contributed by atoms with Gasteiger partial charge in [-0.2, -0.15) is 5.10 Å². The molecule has 0 saturated carbocycles. The van der Waals surface area contributed by atoms with Crippen molar-refractivity contribution in [3.8, 4) is 39.4 Å². The van der Waals surface area contributed by atoms with Gasteiger partial charge >= 0.3 is 0 Å². The summed E-state index contributed by atoms with van der Waals surface area (Å²) in [6.45, 7) is 2.83. The van der Waals surface area contributed by atoms with Crippen LogP contribution in [0.2, 0.25) is 10.0 Å². The zero-order chi connectivity index (χ0) is 34.1. The number of rotatable bonds is 12. The molecular formula is C36H35Cl2N7O4. The fourth-order valence-electron chi connectivity index (χ4n) is 6.14. The number of carbonyl (C=O) groups is 1. The fourth-order valence-corrected chi connectivity index (χ4v) is 6.80. The van der Waals surface area contributed by atoms with E-state index in [1.807, 2.05) is 60.8 Å². The minimum Gasteiger partial charge on any atom is -0.493 e. The summed E-state index contributed by atoms with van der Waals surface area (Å²) in [4.78, 5) is 29.6. The van der Waals surface area contributed by atoms with Crippen molar-refractivity contribution in [2.45, 2.75) is 32.0 Å².